The van der Waals surface area contributed by atoms with Crippen LogP contribution in [0.1, 0.15) is 20.7 Å². The van der Waals surface area contributed by atoms with E-state index in [2.05, 4.69) is 21.2 Å². The average molecular weight is 410 g/mol. The number of benzene rings is 3. The molecule has 5 heteroatoms. The zero-order valence-electron chi connectivity index (χ0n) is 13.8. The number of rotatable bonds is 6. The number of halogens is 1. The molecular formula is C21H16BrNO3. The Labute approximate surface area is 159 Å². The molecule has 0 aliphatic heterocycles. The molecular weight excluding hydrogens is 394 g/mol. The lowest BCUT2D eigenvalue weighted by molar-refractivity contribution is 0.0920. The van der Waals surface area contributed by atoms with Crippen molar-refractivity contribution in [3.63, 3.8) is 0 Å². The zero-order valence-corrected chi connectivity index (χ0v) is 15.4. The van der Waals surface area contributed by atoms with Crippen LogP contribution in [-0.2, 0) is 0 Å². The lowest BCUT2D eigenvalue weighted by Gasteiger charge is -2.09. The molecule has 0 atom stereocenters. The second kappa shape index (κ2) is 8.45. The van der Waals surface area contributed by atoms with Gasteiger partial charge in [0.2, 0.25) is 0 Å². The summed E-state index contributed by atoms with van der Waals surface area (Å²) in [7, 11) is 0. The van der Waals surface area contributed by atoms with Crippen LogP contribution in [-0.4, -0.2) is 18.3 Å². The van der Waals surface area contributed by atoms with E-state index < -0.39 is 0 Å². The number of amides is 1. The van der Waals surface area contributed by atoms with Gasteiger partial charge in [-0.1, -0.05) is 52.3 Å². The van der Waals surface area contributed by atoms with Gasteiger partial charge in [0.1, 0.15) is 5.75 Å². The standard InChI is InChI=1S/C21H16BrNO3/c22-17-11-9-16(10-12-17)21(25)23-18-7-4-8-19(13-18)26-14-20(24)15-5-2-1-3-6-15/h1-13H,14H2,(H,23,25). The van der Waals surface area contributed by atoms with Crippen molar-refractivity contribution >= 4 is 33.3 Å². The van der Waals surface area contributed by atoms with Gasteiger partial charge in [-0.25, -0.2) is 0 Å². The molecule has 0 fully saturated rings. The van der Waals surface area contributed by atoms with E-state index in [1.165, 1.54) is 0 Å². The summed E-state index contributed by atoms with van der Waals surface area (Å²) in [6.07, 6.45) is 0. The van der Waals surface area contributed by atoms with E-state index >= 15 is 0 Å². The maximum Gasteiger partial charge on any atom is 0.255 e. The average Bonchev–Trinajstić information content (AvgIpc) is 2.67. The normalized spacial score (nSPS) is 10.2. The topological polar surface area (TPSA) is 55.4 Å². The molecule has 130 valence electrons. The van der Waals surface area contributed by atoms with Gasteiger partial charge in [-0.05, 0) is 36.4 Å². The first kappa shape index (κ1) is 17.9. The van der Waals surface area contributed by atoms with Crippen LogP contribution in [0, 0.1) is 0 Å². The summed E-state index contributed by atoms with van der Waals surface area (Å²) < 4.78 is 6.47. The molecule has 26 heavy (non-hydrogen) atoms. The molecule has 3 rings (SSSR count). The summed E-state index contributed by atoms with van der Waals surface area (Å²) >= 11 is 3.34. The molecule has 0 radical (unpaired) electrons. The molecule has 0 aromatic heterocycles. The van der Waals surface area contributed by atoms with E-state index in [9.17, 15) is 9.59 Å². The van der Waals surface area contributed by atoms with Crippen molar-refractivity contribution in [1.82, 2.24) is 0 Å². The lowest BCUT2D eigenvalue weighted by atomic mass is 10.1. The van der Waals surface area contributed by atoms with Crippen LogP contribution in [0.15, 0.2) is 83.3 Å². The number of hydrogen-bond donors (Lipinski definition) is 1. The van der Waals surface area contributed by atoms with E-state index in [4.69, 9.17) is 4.74 Å². The smallest absolute Gasteiger partial charge is 0.255 e. The van der Waals surface area contributed by atoms with Crippen LogP contribution in [0.3, 0.4) is 0 Å². The van der Waals surface area contributed by atoms with Gasteiger partial charge in [0, 0.05) is 27.4 Å². The van der Waals surface area contributed by atoms with E-state index in [0.29, 0.717) is 22.6 Å². The number of ketones is 1. The largest absolute Gasteiger partial charge is 0.485 e. The molecule has 0 heterocycles. The van der Waals surface area contributed by atoms with Gasteiger partial charge in [0.25, 0.3) is 5.91 Å². The number of hydrogen-bond acceptors (Lipinski definition) is 3. The fourth-order valence-corrected chi connectivity index (χ4v) is 2.59. The van der Waals surface area contributed by atoms with Gasteiger partial charge in [-0.3, -0.25) is 9.59 Å². The molecule has 0 aliphatic rings. The Morgan fingerprint density at radius 2 is 1.58 bits per heavy atom. The van der Waals surface area contributed by atoms with Crippen molar-refractivity contribution in [2.45, 2.75) is 0 Å². The van der Waals surface area contributed by atoms with Crippen molar-refractivity contribution in [3.8, 4) is 5.75 Å². The van der Waals surface area contributed by atoms with Gasteiger partial charge >= 0.3 is 0 Å². The molecule has 3 aromatic carbocycles. The molecule has 1 N–H and O–H groups in total. The quantitative estimate of drug-likeness (QED) is 0.585. The van der Waals surface area contributed by atoms with E-state index in [-0.39, 0.29) is 18.3 Å². The minimum absolute atomic E-state index is 0.0614. The predicted molar refractivity (Wildman–Crippen MR) is 105 cm³/mol. The molecule has 3 aromatic rings. The molecule has 0 spiro atoms. The maximum absolute atomic E-state index is 12.3. The predicted octanol–water partition coefficient (Wildman–Crippen LogP) is 4.96. The van der Waals surface area contributed by atoms with Crippen molar-refractivity contribution in [2.75, 3.05) is 11.9 Å². The zero-order chi connectivity index (χ0) is 18.4. The fourth-order valence-electron chi connectivity index (χ4n) is 2.32. The SMILES string of the molecule is O=C(COc1cccc(NC(=O)c2ccc(Br)cc2)c1)c1ccccc1. The highest BCUT2D eigenvalue weighted by Gasteiger charge is 2.08. The summed E-state index contributed by atoms with van der Waals surface area (Å²) in [6.45, 7) is -0.0614. The third kappa shape index (κ3) is 4.80. The first-order valence-corrected chi connectivity index (χ1v) is 8.79. The molecule has 1 amide bonds. The van der Waals surface area contributed by atoms with Crippen molar-refractivity contribution in [1.29, 1.82) is 0 Å². The Balaban J connectivity index is 1.62. The molecule has 0 bridgehead atoms. The van der Waals surface area contributed by atoms with E-state index in [1.54, 1.807) is 48.5 Å². The Bertz CT molecular complexity index is 908. The second-order valence-corrected chi connectivity index (χ2v) is 6.48. The molecule has 0 aliphatic carbocycles. The number of Topliss-reactive ketones (excluding diaryl/α,β-unsaturated/α-hetero) is 1. The Kier molecular flexibility index (Phi) is 5.81. The van der Waals surface area contributed by atoms with Gasteiger partial charge in [0.15, 0.2) is 12.4 Å². The van der Waals surface area contributed by atoms with Crippen molar-refractivity contribution in [2.24, 2.45) is 0 Å². The van der Waals surface area contributed by atoms with Gasteiger partial charge in [0.05, 0.1) is 0 Å². The fraction of sp³-hybridized carbons (Fsp3) is 0.0476. The van der Waals surface area contributed by atoms with Crippen LogP contribution in [0.4, 0.5) is 5.69 Å². The summed E-state index contributed by atoms with van der Waals surface area (Å²) in [6, 6.07) is 23.0. The number of anilines is 1. The Hall–Kier alpha value is -2.92. The Morgan fingerprint density at radius 3 is 2.31 bits per heavy atom. The number of carbonyl (C=O) groups is 2. The summed E-state index contributed by atoms with van der Waals surface area (Å²) in [5, 5.41) is 2.82. The molecule has 0 unspecified atom stereocenters. The minimum atomic E-state index is -0.213. The monoisotopic (exact) mass is 409 g/mol. The summed E-state index contributed by atoms with van der Waals surface area (Å²) in [5.74, 6) is 0.202. The van der Waals surface area contributed by atoms with Crippen LogP contribution in [0.5, 0.6) is 5.75 Å². The van der Waals surface area contributed by atoms with Crippen molar-refractivity contribution in [3.05, 3.63) is 94.5 Å². The lowest BCUT2D eigenvalue weighted by Crippen LogP contribution is -2.13. The first-order valence-electron chi connectivity index (χ1n) is 8.00. The van der Waals surface area contributed by atoms with E-state index in [1.807, 2.05) is 30.3 Å². The highest BCUT2D eigenvalue weighted by atomic mass is 79.9. The van der Waals surface area contributed by atoms with E-state index in [0.717, 1.165) is 4.47 Å². The number of ether oxygens (including phenoxy) is 1. The van der Waals surface area contributed by atoms with Crippen LogP contribution >= 0.6 is 15.9 Å². The molecule has 4 nitrogen and oxygen atoms in total. The van der Waals surface area contributed by atoms with Crippen molar-refractivity contribution < 1.29 is 14.3 Å². The maximum atomic E-state index is 12.3. The second-order valence-electron chi connectivity index (χ2n) is 5.57. The number of nitrogens with one attached hydrogen (secondary N) is 1. The van der Waals surface area contributed by atoms with Gasteiger partial charge in [-0.2, -0.15) is 0 Å². The van der Waals surface area contributed by atoms with Gasteiger partial charge in [-0.15, -0.1) is 0 Å². The minimum Gasteiger partial charge on any atom is -0.485 e. The van der Waals surface area contributed by atoms with Crippen LogP contribution < -0.4 is 10.1 Å². The third-order valence-electron chi connectivity index (χ3n) is 3.66. The third-order valence-corrected chi connectivity index (χ3v) is 4.19. The Morgan fingerprint density at radius 1 is 0.846 bits per heavy atom. The van der Waals surface area contributed by atoms with Crippen LogP contribution in [0.2, 0.25) is 0 Å². The van der Waals surface area contributed by atoms with Crippen LogP contribution in [0.25, 0.3) is 0 Å². The molecule has 0 saturated carbocycles. The summed E-state index contributed by atoms with van der Waals surface area (Å²) in [4.78, 5) is 24.4. The number of carbonyl (C=O) groups excluding carboxylic acids is 2. The summed E-state index contributed by atoms with van der Waals surface area (Å²) in [5.41, 5.74) is 1.76. The first-order chi connectivity index (χ1) is 12.6. The highest BCUT2D eigenvalue weighted by Crippen LogP contribution is 2.19. The highest BCUT2D eigenvalue weighted by molar-refractivity contribution is 9.10. The van der Waals surface area contributed by atoms with Gasteiger partial charge < -0.3 is 10.1 Å². The molecule has 0 saturated heterocycles.